The van der Waals surface area contributed by atoms with Crippen LogP contribution in [0.2, 0.25) is 0 Å². The maximum absolute atomic E-state index is 12.7. The monoisotopic (exact) mass is 461 g/mol. The highest BCUT2D eigenvalue weighted by Gasteiger charge is 2.53. The molecule has 0 aromatic heterocycles. The predicted molar refractivity (Wildman–Crippen MR) is 118 cm³/mol. The van der Waals surface area contributed by atoms with Gasteiger partial charge in [-0.3, -0.25) is 28.9 Å². The molecule has 1 aliphatic heterocycles. The standard InChI is InChI=1S/C21H31N7O5/c1-2-14(6-7-16(29)26-27-23)25-19(32)15-10-11-21(15,22)20(33)24-12-4-3-5-13-28-17(30)8-9-18(28)31/h8-9,14-15H,2-7,10-13,22H2,1H3,(H,24,33)(H,25,32). The minimum absolute atomic E-state index is 0.0262. The largest absolute Gasteiger partial charge is 0.354 e. The zero-order valence-corrected chi connectivity index (χ0v) is 18.8. The fourth-order valence-electron chi connectivity index (χ4n) is 3.90. The van der Waals surface area contributed by atoms with E-state index in [1.807, 2.05) is 6.92 Å². The van der Waals surface area contributed by atoms with Crippen LogP contribution in [0.1, 0.15) is 58.3 Å². The molecule has 0 aromatic rings. The van der Waals surface area contributed by atoms with Crippen LogP contribution in [0.3, 0.4) is 0 Å². The number of carbonyl (C=O) groups is 5. The van der Waals surface area contributed by atoms with Gasteiger partial charge < -0.3 is 16.4 Å². The van der Waals surface area contributed by atoms with E-state index in [1.54, 1.807) is 0 Å². The van der Waals surface area contributed by atoms with Gasteiger partial charge in [0.15, 0.2) is 0 Å². The van der Waals surface area contributed by atoms with Crippen molar-refractivity contribution in [2.45, 2.75) is 69.9 Å². The van der Waals surface area contributed by atoms with E-state index in [1.165, 1.54) is 17.1 Å². The lowest BCUT2D eigenvalue weighted by Crippen LogP contribution is -2.68. The van der Waals surface area contributed by atoms with Crippen LogP contribution in [0.25, 0.3) is 10.4 Å². The Bertz CT molecular complexity index is 849. The van der Waals surface area contributed by atoms with Crippen LogP contribution in [0.5, 0.6) is 0 Å². The lowest BCUT2D eigenvalue weighted by Gasteiger charge is -2.44. The maximum atomic E-state index is 12.7. The third kappa shape index (κ3) is 6.87. The summed E-state index contributed by atoms with van der Waals surface area (Å²) in [5, 5.41) is 8.64. The average molecular weight is 462 g/mol. The van der Waals surface area contributed by atoms with E-state index in [0.29, 0.717) is 58.0 Å². The first kappa shape index (κ1) is 26.0. The summed E-state index contributed by atoms with van der Waals surface area (Å²) < 4.78 is 0. The van der Waals surface area contributed by atoms with Crippen molar-refractivity contribution in [3.8, 4) is 0 Å². The summed E-state index contributed by atoms with van der Waals surface area (Å²) in [6.45, 7) is 2.58. The van der Waals surface area contributed by atoms with E-state index in [9.17, 15) is 24.0 Å². The summed E-state index contributed by atoms with van der Waals surface area (Å²) in [4.78, 5) is 63.3. The molecule has 0 bridgehead atoms. The fraction of sp³-hybridized carbons (Fsp3) is 0.667. The molecule has 3 unspecified atom stereocenters. The second kappa shape index (κ2) is 12.1. The van der Waals surface area contributed by atoms with Gasteiger partial charge in [-0.25, -0.2) is 0 Å². The summed E-state index contributed by atoms with van der Waals surface area (Å²) in [5.41, 5.74) is 13.3. The van der Waals surface area contributed by atoms with Crippen LogP contribution in [0, 0.1) is 5.92 Å². The van der Waals surface area contributed by atoms with Crippen LogP contribution in [-0.2, 0) is 24.0 Å². The highest BCUT2D eigenvalue weighted by molar-refractivity contribution is 6.12. The Morgan fingerprint density at radius 3 is 2.55 bits per heavy atom. The zero-order valence-electron chi connectivity index (χ0n) is 18.8. The summed E-state index contributed by atoms with van der Waals surface area (Å²) in [6, 6.07) is -0.284. The molecule has 5 amide bonds. The molecule has 4 N–H and O–H groups in total. The lowest BCUT2D eigenvalue weighted by molar-refractivity contribution is -0.143. The molecule has 1 saturated carbocycles. The van der Waals surface area contributed by atoms with Gasteiger partial charge in [0.25, 0.3) is 11.8 Å². The van der Waals surface area contributed by atoms with Gasteiger partial charge in [0.1, 0.15) is 5.54 Å². The van der Waals surface area contributed by atoms with Gasteiger partial charge in [-0.15, -0.1) is 0 Å². The average Bonchev–Trinajstić information content (AvgIpc) is 3.09. The quantitative estimate of drug-likeness (QED) is 0.120. The van der Waals surface area contributed by atoms with Crippen LogP contribution >= 0.6 is 0 Å². The number of hydrogen-bond acceptors (Lipinski definition) is 6. The van der Waals surface area contributed by atoms with Crippen LogP contribution in [0.15, 0.2) is 17.3 Å². The predicted octanol–water partition coefficient (Wildman–Crippen LogP) is 0.817. The molecule has 12 nitrogen and oxygen atoms in total. The molecule has 0 aromatic carbocycles. The molecule has 12 heteroatoms. The van der Waals surface area contributed by atoms with E-state index in [4.69, 9.17) is 11.3 Å². The van der Waals surface area contributed by atoms with Gasteiger partial charge in [0.2, 0.25) is 17.7 Å². The molecule has 33 heavy (non-hydrogen) atoms. The van der Waals surface area contributed by atoms with Crippen molar-refractivity contribution in [3.63, 3.8) is 0 Å². The number of unbranched alkanes of at least 4 members (excludes halogenated alkanes) is 2. The van der Waals surface area contributed by atoms with Gasteiger partial charge in [-0.1, -0.05) is 6.92 Å². The highest BCUT2D eigenvalue weighted by Crippen LogP contribution is 2.37. The number of imide groups is 1. The third-order valence-electron chi connectivity index (χ3n) is 6.15. The molecule has 1 aliphatic carbocycles. The van der Waals surface area contributed by atoms with E-state index in [0.717, 1.165) is 0 Å². The SMILES string of the molecule is CCC(CCC(=O)N=[N+]=[N-])NC(=O)C1CCC1(N)C(=O)NCCCCCN1C(=O)C=CC1=O. The molecular weight excluding hydrogens is 430 g/mol. The van der Waals surface area contributed by atoms with Crippen LogP contribution < -0.4 is 16.4 Å². The second-order valence-electron chi connectivity index (χ2n) is 8.35. The topological polar surface area (TPSA) is 187 Å². The number of rotatable bonds is 13. The maximum Gasteiger partial charge on any atom is 0.253 e. The third-order valence-corrected chi connectivity index (χ3v) is 6.15. The van der Waals surface area contributed by atoms with Crippen molar-refractivity contribution in [1.82, 2.24) is 15.5 Å². The first-order valence-electron chi connectivity index (χ1n) is 11.2. The Morgan fingerprint density at radius 2 is 1.97 bits per heavy atom. The molecule has 0 spiro atoms. The Labute approximate surface area is 191 Å². The Hall–Kier alpha value is -3.24. The molecule has 0 radical (unpaired) electrons. The van der Waals surface area contributed by atoms with Gasteiger partial charge in [-0.2, -0.15) is 0 Å². The van der Waals surface area contributed by atoms with Crippen LogP contribution in [-0.4, -0.2) is 59.1 Å². The highest BCUT2D eigenvalue weighted by atomic mass is 16.2. The molecule has 1 fully saturated rings. The normalized spacial score (nSPS) is 22.4. The summed E-state index contributed by atoms with van der Waals surface area (Å²) >= 11 is 0. The van der Waals surface area contributed by atoms with Gasteiger partial charge in [0, 0.05) is 42.6 Å². The van der Waals surface area contributed by atoms with Crippen molar-refractivity contribution in [1.29, 1.82) is 0 Å². The van der Waals surface area contributed by atoms with Gasteiger partial charge in [-0.05, 0) is 55.6 Å². The Kier molecular flexibility index (Phi) is 9.56. The Morgan fingerprint density at radius 1 is 1.27 bits per heavy atom. The molecule has 0 saturated heterocycles. The summed E-state index contributed by atoms with van der Waals surface area (Å²) in [5.74, 6) is -2.55. The smallest absolute Gasteiger partial charge is 0.253 e. The van der Waals surface area contributed by atoms with E-state index in [-0.39, 0.29) is 36.1 Å². The molecule has 3 atom stereocenters. The fourth-order valence-corrected chi connectivity index (χ4v) is 3.90. The minimum Gasteiger partial charge on any atom is -0.354 e. The van der Waals surface area contributed by atoms with Gasteiger partial charge >= 0.3 is 0 Å². The first-order chi connectivity index (χ1) is 15.7. The van der Waals surface area contributed by atoms with E-state index < -0.39 is 17.4 Å². The van der Waals surface area contributed by atoms with E-state index >= 15 is 0 Å². The van der Waals surface area contributed by atoms with E-state index in [2.05, 4.69) is 20.7 Å². The van der Waals surface area contributed by atoms with Crippen LogP contribution in [0.4, 0.5) is 0 Å². The zero-order chi connectivity index (χ0) is 24.4. The number of nitrogens with two attached hydrogens (primary N) is 1. The number of carbonyl (C=O) groups excluding carboxylic acids is 5. The van der Waals surface area contributed by atoms with Crippen molar-refractivity contribution < 1.29 is 24.0 Å². The molecule has 2 rings (SSSR count). The first-order valence-corrected chi connectivity index (χ1v) is 11.2. The number of nitrogens with one attached hydrogen (secondary N) is 2. The molecular formula is C21H31N7O5. The molecule has 2 aliphatic rings. The summed E-state index contributed by atoms with van der Waals surface area (Å²) in [6.07, 6.45) is 6.33. The van der Waals surface area contributed by atoms with Crippen molar-refractivity contribution in [2.24, 2.45) is 16.8 Å². The van der Waals surface area contributed by atoms with Gasteiger partial charge in [0.05, 0.1) is 5.92 Å². The second-order valence-corrected chi connectivity index (χ2v) is 8.35. The summed E-state index contributed by atoms with van der Waals surface area (Å²) in [7, 11) is 0. The number of hydrogen-bond donors (Lipinski definition) is 3. The van der Waals surface area contributed by atoms with Crippen molar-refractivity contribution >= 4 is 29.5 Å². The molecule has 1 heterocycles. The Balaban J connectivity index is 1.71. The number of azide groups is 1. The van der Waals surface area contributed by atoms with Crippen molar-refractivity contribution in [3.05, 3.63) is 22.6 Å². The number of nitrogens with zero attached hydrogens (tertiary/aromatic N) is 4. The lowest BCUT2D eigenvalue weighted by atomic mass is 9.66. The number of amides is 5. The minimum atomic E-state index is -1.27. The van der Waals surface area contributed by atoms with Crippen molar-refractivity contribution in [2.75, 3.05) is 13.1 Å². The molecule has 180 valence electrons.